The highest BCUT2D eigenvalue weighted by Crippen LogP contribution is 2.33. The van der Waals surface area contributed by atoms with Crippen LogP contribution >= 0.6 is 0 Å². The Hall–Kier alpha value is -3.09. The Balaban J connectivity index is 1.43. The fourth-order valence-corrected chi connectivity index (χ4v) is 4.03. The maximum Gasteiger partial charge on any atom is 0.231 e. The van der Waals surface area contributed by atoms with Gasteiger partial charge in [-0.25, -0.2) is 4.39 Å². The molecule has 1 heterocycles. The zero-order valence-electron chi connectivity index (χ0n) is 17.6. The van der Waals surface area contributed by atoms with E-state index in [1.54, 1.807) is 19.1 Å². The van der Waals surface area contributed by atoms with Gasteiger partial charge in [0, 0.05) is 11.6 Å². The monoisotopic (exact) mass is 426 g/mol. The Labute approximate surface area is 181 Å². The van der Waals surface area contributed by atoms with Crippen LogP contribution in [0.15, 0.2) is 36.4 Å². The predicted octanol–water partition coefficient (Wildman–Crippen LogP) is 4.86. The molecule has 1 aliphatic heterocycles. The van der Waals surface area contributed by atoms with Crippen LogP contribution in [0.2, 0.25) is 0 Å². The van der Waals surface area contributed by atoms with Crippen molar-refractivity contribution in [2.45, 2.75) is 44.9 Å². The zero-order chi connectivity index (χ0) is 21.8. The van der Waals surface area contributed by atoms with Crippen molar-refractivity contribution < 1.29 is 23.5 Å². The molecule has 0 aromatic heterocycles. The van der Waals surface area contributed by atoms with Gasteiger partial charge in [-0.3, -0.25) is 9.59 Å². The van der Waals surface area contributed by atoms with E-state index in [1.807, 2.05) is 6.07 Å². The number of hydrogen-bond donors (Lipinski definition) is 2. The zero-order valence-corrected chi connectivity index (χ0v) is 17.6. The van der Waals surface area contributed by atoms with Gasteiger partial charge in [-0.2, -0.15) is 0 Å². The van der Waals surface area contributed by atoms with Crippen molar-refractivity contribution in [1.82, 2.24) is 0 Å². The lowest BCUT2D eigenvalue weighted by Crippen LogP contribution is -2.25. The third-order valence-corrected chi connectivity index (χ3v) is 5.93. The highest BCUT2D eigenvalue weighted by atomic mass is 19.1. The molecule has 6 nitrogen and oxygen atoms in total. The van der Waals surface area contributed by atoms with Crippen LogP contribution in [0.5, 0.6) is 11.5 Å². The van der Waals surface area contributed by atoms with Crippen molar-refractivity contribution in [3.8, 4) is 11.5 Å². The van der Waals surface area contributed by atoms with Crippen molar-refractivity contribution in [1.29, 1.82) is 0 Å². The molecule has 0 radical (unpaired) electrons. The van der Waals surface area contributed by atoms with Crippen LogP contribution in [-0.2, 0) is 9.59 Å². The Morgan fingerprint density at radius 3 is 2.48 bits per heavy atom. The first-order valence-corrected chi connectivity index (χ1v) is 10.8. The summed E-state index contributed by atoms with van der Waals surface area (Å²) in [7, 11) is 0. The highest BCUT2D eigenvalue weighted by Gasteiger charge is 2.23. The Morgan fingerprint density at radius 1 is 0.968 bits per heavy atom. The minimum atomic E-state index is -0.526. The van der Waals surface area contributed by atoms with Crippen LogP contribution in [0.3, 0.4) is 0 Å². The van der Waals surface area contributed by atoms with E-state index in [4.69, 9.17) is 9.47 Å². The Bertz CT molecular complexity index is 972. The summed E-state index contributed by atoms with van der Waals surface area (Å²) in [6, 6.07) is 9.63. The molecular formula is C24H27FN2O4. The summed E-state index contributed by atoms with van der Waals surface area (Å²) in [4.78, 5) is 25.3. The largest absolute Gasteiger partial charge is 0.486 e. The molecule has 1 fully saturated rings. The van der Waals surface area contributed by atoms with Gasteiger partial charge in [-0.15, -0.1) is 0 Å². The average molecular weight is 426 g/mol. The van der Waals surface area contributed by atoms with Gasteiger partial charge in [0.25, 0.3) is 0 Å². The van der Waals surface area contributed by atoms with Crippen LogP contribution in [0, 0.1) is 11.7 Å². The summed E-state index contributed by atoms with van der Waals surface area (Å²) in [5.41, 5.74) is 1.30. The van der Waals surface area contributed by atoms with Gasteiger partial charge < -0.3 is 20.1 Å². The van der Waals surface area contributed by atoms with E-state index in [1.165, 1.54) is 18.2 Å². The van der Waals surface area contributed by atoms with Crippen LogP contribution in [0.4, 0.5) is 15.8 Å². The van der Waals surface area contributed by atoms with Gasteiger partial charge >= 0.3 is 0 Å². The molecule has 1 atom stereocenters. The van der Waals surface area contributed by atoms with Crippen molar-refractivity contribution in [2.24, 2.45) is 5.92 Å². The number of carbonyl (C=O) groups is 2. The number of fused-ring (bicyclic) bond motifs is 1. The van der Waals surface area contributed by atoms with Gasteiger partial charge in [0.2, 0.25) is 11.8 Å². The van der Waals surface area contributed by atoms with E-state index in [0.717, 1.165) is 37.7 Å². The number of ether oxygens (including phenoxy) is 2. The first kappa shape index (κ1) is 21.2. The Kier molecular flexibility index (Phi) is 6.39. The number of nitrogens with one attached hydrogen (secondary N) is 2. The van der Waals surface area contributed by atoms with Crippen molar-refractivity contribution >= 4 is 23.2 Å². The van der Waals surface area contributed by atoms with Gasteiger partial charge in [-0.1, -0.05) is 25.3 Å². The first-order chi connectivity index (χ1) is 15.0. The summed E-state index contributed by atoms with van der Waals surface area (Å²) < 4.78 is 25.4. The summed E-state index contributed by atoms with van der Waals surface area (Å²) >= 11 is 0. The molecule has 1 saturated carbocycles. The minimum absolute atomic E-state index is 0.0818. The lowest BCUT2D eigenvalue weighted by molar-refractivity contribution is -0.120. The molecule has 0 bridgehead atoms. The molecule has 0 spiro atoms. The molecule has 2 aliphatic rings. The van der Waals surface area contributed by atoms with E-state index in [0.29, 0.717) is 30.4 Å². The highest BCUT2D eigenvalue weighted by molar-refractivity contribution is 5.97. The molecule has 2 aromatic carbocycles. The van der Waals surface area contributed by atoms with Gasteiger partial charge in [0.05, 0.1) is 11.6 Å². The Morgan fingerprint density at radius 2 is 1.71 bits per heavy atom. The van der Waals surface area contributed by atoms with Crippen LogP contribution in [0.25, 0.3) is 0 Å². The second-order valence-corrected chi connectivity index (χ2v) is 8.13. The molecule has 2 N–H and O–H groups in total. The number of halogens is 1. The van der Waals surface area contributed by atoms with Crippen molar-refractivity contribution in [3.05, 3.63) is 47.8 Å². The fraction of sp³-hybridized carbons (Fsp3) is 0.417. The maximum atomic E-state index is 14.3. The van der Waals surface area contributed by atoms with Gasteiger partial charge in [-0.05, 0) is 55.7 Å². The lowest BCUT2D eigenvalue weighted by Gasteiger charge is -2.21. The van der Waals surface area contributed by atoms with E-state index in [9.17, 15) is 14.0 Å². The lowest BCUT2D eigenvalue weighted by atomic mass is 9.88. The van der Waals surface area contributed by atoms with Crippen molar-refractivity contribution in [2.75, 3.05) is 23.8 Å². The first-order valence-electron chi connectivity index (χ1n) is 10.8. The number of amides is 2. The molecule has 2 aromatic rings. The second kappa shape index (κ2) is 9.37. The number of rotatable bonds is 5. The van der Waals surface area contributed by atoms with Crippen LogP contribution in [-0.4, -0.2) is 25.0 Å². The van der Waals surface area contributed by atoms with Gasteiger partial charge in [0.1, 0.15) is 19.0 Å². The summed E-state index contributed by atoms with van der Waals surface area (Å²) in [5, 5.41) is 5.50. The van der Waals surface area contributed by atoms with Gasteiger partial charge in [0.15, 0.2) is 11.5 Å². The van der Waals surface area contributed by atoms with Crippen LogP contribution < -0.4 is 20.1 Å². The number of anilines is 2. The third kappa shape index (κ3) is 4.98. The van der Waals surface area contributed by atoms with E-state index in [-0.39, 0.29) is 23.4 Å². The average Bonchev–Trinajstić information content (AvgIpc) is 2.81. The van der Waals surface area contributed by atoms with E-state index in [2.05, 4.69) is 10.6 Å². The topological polar surface area (TPSA) is 76.7 Å². The third-order valence-electron chi connectivity index (χ3n) is 5.93. The SMILES string of the molecule is CC(C(=O)Nc1ccc(F)c(NC(=O)C2CCCCC2)c1)c1ccc2c(c1)OCCO2. The second-order valence-electron chi connectivity index (χ2n) is 8.13. The maximum absolute atomic E-state index is 14.3. The number of carbonyl (C=O) groups excluding carboxylic acids is 2. The summed E-state index contributed by atoms with van der Waals surface area (Å²) in [5.74, 6) is -0.179. The molecule has 4 rings (SSSR count). The minimum Gasteiger partial charge on any atom is -0.486 e. The fourth-order valence-electron chi connectivity index (χ4n) is 4.03. The molecule has 0 saturated heterocycles. The molecule has 31 heavy (non-hydrogen) atoms. The van der Waals surface area contributed by atoms with E-state index < -0.39 is 11.7 Å². The summed E-state index contributed by atoms with van der Waals surface area (Å²) in [6.07, 6.45) is 4.85. The molecule has 1 aliphatic carbocycles. The molecule has 164 valence electrons. The molecular weight excluding hydrogens is 399 g/mol. The smallest absolute Gasteiger partial charge is 0.231 e. The van der Waals surface area contributed by atoms with Crippen LogP contribution in [0.1, 0.15) is 50.5 Å². The van der Waals surface area contributed by atoms with E-state index >= 15 is 0 Å². The quantitative estimate of drug-likeness (QED) is 0.716. The number of hydrogen-bond acceptors (Lipinski definition) is 4. The predicted molar refractivity (Wildman–Crippen MR) is 116 cm³/mol. The molecule has 1 unspecified atom stereocenters. The molecule has 7 heteroatoms. The number of benzene rings is 2. The summed E-state index contributed by atoms with van der Waals surface area (Å²) in [6.45, 7) is 2.77. The standard InChI is InChI=1S/C24H27FN2O4/c1-15(17-7-10-21-22(13-17)31-12-11-30-21)23(28)26-18-8-9-19(25)20(14-18)27-24(29)16-5-3-2-4-6-16/h7-10,13-16H,2-6,11-12H2,1H3,(H,26,28)(H,27,29). The van der Waals surface area contributed by atoms with Crippen molar-refractivity contribution in [3.63, 3.8) is 0 Å². The normalized spacial score (nSPS) is 17.0. The molecule has 2 amide bonds.